The van der Waals surface area contributed by atoms with Crippen molar-refractivity contribution >= 4 is 17.6 Å². The molecule has 2 aliphatic rings. The predicted molar refractivity (Wildman–Crippen MR) is 118 cm³/mol. The van der Waals surface area contributed by atoms with Gasteiger partial charge in [0, 0.05) is 43.9 Å². The molecule has 2 fully saturated rings. The number of carbonyl (C=O) groups is 2. The van der Waals surface area contributed by atoms with Crippen LogP contribution < -0.4 is 10.1 Å². The number of nitrogens with one attached hydrogen (secondary N) is 1. The van der Waals surface area contributed by atoms with Gasteiger partial charge < -0.3 is 24.6 Å². The largest absolute Gasteiger partial charge is 0.497 e. The highest BCUT2D eigenvalue weighted by molar-refractivity contribution is 5.90. The Morgan fingerprint density at radius 2 is 1.77 bits per heavy atom. The summed E-state index contributed by atoms with van der Waals surface area (Å²) < 4.78 is 10.6. The molecule has 2 atom stereocenters. The zero-order chi connectivity index (χ0) is 21.6. The number of benzene rings is 2. The van der Waals surface area contributed by atoms with Gasteiger partial charge in [0.25, 0.3) is 0 Å². The first kappa shape index (κ1) is 21.2. The average Bonchev–Trinajstić information content (AvgIpc) is 2.84. The topological polar surface area (TPSA) is 71.1 Å². The molecule has 7 nitrogen and oxygen atoms in total. The number of carbonyl (C=O) groups excluding carboxylic acids is 2. The maximum Gasteiger partial charge on any atom is 0.321 e. The fraction of sp³-hybridized carbons (Fsp3) is 0.417. The van der Waals surface area contributed by atoms with Crippen LogP contribution in [0.4, 0.5) is 10.5 Å². The summed E-state index contributed by atoms with van der Waals surface area (Å²) in [5.74, 6) is 0.677. The summed E-state index contributed by atoms with van der Waals surface area (Å²) in [7, 11) is 1.60. The number of urea groups is 1. The lowest BCUT2D eigenvalue weighted by molar-refractivity contribution is -0.141. The van der Waals surface area contributed by atoms with Gasteiger partial charge in [0.15, 0.2) is 0 Å². The van der Waals surface area contributed by atoms with E-state index in [4.69, 9.17) is 9.47 Å². The van der Waals surface area contributed by atoms with Gasteiger partial charge in [-0.2, -0.15) is 0 Å². The van der Waals surface area contributed by atoms with E-state index in [1.807, 2.05) is 41.3 Å². The minimum atomic E-state index is -0.229. The molecule has 0 spiro atoms. The molecule has 2 aromatic rings. The van der Waals surface area contributed by atoms with Crippen LogP contribution in [0.25, 0.3) is 0 Å². The molecule has 0 aliphatic carbocycles. The van der Waals surface area contributed by atoms with Gasteiger partial charge in [-0.3, -0.25) is 4.79 Å². The van der Waals surface area contributed by atoms with Crippen molar-refractivity contribution < 1.29 is 19.1 Å². The van der Waals surface area contributed by atoms with E-state index in [-0.39, 0.29) is 23.8 Å². The molecule has 0 bridgehead atoms. The molecule has 1 N–H and O–H groups in total. The number of nitrogens with zero attached hydrogens (tertiary/aromatic N) is 2. The van der Waals surface area contributed by atoms with Crippen LogP contribution in [0.1, 0.15) is 17.9 Å². The summed E-state index contributed by atoms with van der Waals surface area (Å²) in [5.41, 5.74) is 1.82. The molecule has 31 heavy (non-hydrogen) atoms. The van der Waals surface area contributed by atoms with Crippen LogP contribution in [-0.4, -0.2) is 68.2 Å². The predicted octanol–water partition coefficient (Wildman–Crippen LogP) is 3.19. The van der Waals surface area contributed by atoms with Gasteiger partial charge in [0.05, 0.1) is 26.2 Å². The van der Waals surface area contributed by atoms with E-state index in [0.717, 1.165) is 12.0 Å². The van der Waals surface area contributed by atoms with Gasteiger partial charge in [-0.1, -0.05) is 36.4 Å². The highest BCUT2D eigenvalue weighted by Crippen LogP contribution is 2.32. The standard InChI is InChI=1S/C24H29N3O4/c1-30-22-9-5-8-21(15-22)25-24(29)27-16-19(18-6-3-2-4-7-18)14-20(17-27)23(28)26-10-12-31-13-11-26/h2-9,15,19-20H,10-14,16-17H2,1H3,(H,25,29). The number of likely N-dealkylation sites (tertiary alicyclic amines) is 1. The van der Waals surface area contributed by atoms with Crippen molar-refractivity contribution in [1.29, 1.82) is 0 Å². The van der Waals surface area contributed by atoms with Crippen molar-refractivity contribution in [2.45, 2.75) is 12.3 Å². The third kappa shape index (κ3) is 5.17. The van der Waals surface area contributed by atoms with E-state index in [0.29, 0.717) is 50.8 Å². The summed E-state index contributed by atoms with van der Waals surface area (Å²) >= 11 is 0. The van der Waals surface area contributed by atoms with E-state index in [9.17, 15) is 9.59 Å². The smallest absolute Gasteiger partial charge is 0.321 e. The van der Waals surface area contributed by atoms with Gasteiger partial charge in [-0.05, 0) is 24.1 Å². The number of hydrogen-bond acceptors (Lipinski definition) is 4. The van der Waals surface area contributed by atoms with Crippen LogP contribution in [0, 0.1) is 5.92 Å². The Balaban J connectivity index is 1.52. The lowest BCUT2D eigenvalue weighted by Gasteiger charge is -2.39. The minimum Gasteiger partial charge on any atom is -0.497 e. The first-order valence-electron chi connectivity index (χ1n) is 10.8. The number of ether oxygens (including phenoxy) is 2. The molecule has 7 heteroatoms. The molecule has 2 aromatic carbocycles. The Bertz CT molecular complexity index is 899. The molecule has 3 amide bonds. The van der Waals surface area contributed by atoms with E-state index in [1.165, 1.54) is 0 Å². The third-order valence-electron chi connectivity index (χ3n) is 6.00. The SMILES string of the molecule is COc1cccc(NC(=O)N2CC(C(=O)N3CCOCC3)CC(c3ccccc3)C2)c1. The Morgan fingerprint density at radius 1 is 1.00 bits per heavy atom. The molecule has 2 unspecified atom stereocenters. The number of amides is 3. The number of anilines is 1. The zero-order valence-corrected chi connectivity index (χ0v) is 17.8. The average molecular weight is 424 g/mol. The second kappa shape index (κ2) is 9.83. The molecule has 0 aromatic heterocycles. The Labute approximate surface area is 182 Å². The first-order valence-corrected chi connectivity index (χ1v) is 10.8. The Hall–Kier alpha value is -3.06. The van der Waals surface area contributed by atoms with Crippen LogP contribution in [-0.2, 0) is 9.53 Å². The molecule has 2 heterocycles. The summed E-state index contributed by atoms with van der Waals surface area (Å²) in [4.78, 5) is 30.0. The van der Waals surface area contributed by atoms with Gasteiger partial charge in [-0.25, -0.2) is 4.79 Å². The number of rotatable bonds is 4. The molecule has 0 saturated carbocycles. The van der Waals surface area contributed by atoms with Gasteiger partial charge in [0.1, 0.15) is 5.75 Å². The molecule has 4 rings (SSSR count). The number of methoxy groups -OCH3 is 1. The Morgan fingerprint density at radius 3 is 2.52 bits per heavy atom. The highest BCUT2D eigenvalue weighted by Gasteiger charge is 2.36. The van der Waals surface area contributed by atoms with Gasteiger partial charge >= 0.3 is 6.03 Å². The maximum atomic E-state index is 13.2. The van der Waals surface area contributed by atoms with Crippen LogP contribution >= 0.6 is 0 Å². The summed E-state index contributed by atoms with van der Waals surface area (Å²) in [6.45, 7) is 3.35. The second-order valence-corrected chi connectivity index (χ2v) is 8.04. The number of morpholine rings is 1. The molecule has 0 radical (unpaired) electrons. The molecule has 2 aliphatic heterocycles. The number of hydrogen-bond donors (Lipinski definition) is 1. The van der Waals surface area contributed by atoms with Crippen molar-refractivity contribution in [3.8, 4) is 5.75 Å². The molecule has 164 valence electrons. The van der Waals surface area contributed by atoms with Crippen LogP contribution in [0.5, 0.6) is 5.75 Å². The van der Waals surface area contributed by atoms with Crippen molar-refractivity contribution in [1.82, 2.24) is 9.80 Å². The van der Waals surface area contributed by atoms with Crippen LogP contribution in [0.3, 0.4) is 0 Å². The molecular weight excluding hydrogens is 394 g/mol. The van der Waals surface area contributed by atoms with Crippen molar-refractivity contribution in [2.75, 3.05) is 51.8 Å². The monoisotopic (exact) mass is 423 g/mol. The molecule has 2 saturated heterocycles. The zero-order valence-electron chi connectivity index (χ0n) is 17.8. The molecular formula is C24H29N3O4. The van der Waals surface area contributed by atoms with E-state index in [2.05, 4.69) is 17.4 Å². The quantitative estimate of drug-likeness (QED) is 0.820. The number of piperidine rings is 1. The van der Waals surface area contributed by atoms with Gasteiger partial charge in [-0.15, -0.1) is 0 Å². The fourth-order valence-corrected chi connectivity index (χ4v) is 4.36. The van der Waals surface area contributed by atoms with Crippen LogP contribution in [0.2, 0.25) is 0 Å². The maximum absolute atomic E-state index is 13.2. The minimum absolute atomic E-state index is 0.112. The fourth-order valence-electron chi connectivity index (χ4n) is 4.36. The van der Waals surface area contributed by atoms with Gasteiger partial charge in [0.2, 0.25) is 5.91 Å². The summed E-state index contributed by atoms with van der Waals surface area (Å²) in [6.07, 6.45) is 0.739. The second-order valence-electron chi connectivity index (χ2n) is 8.04. The van der Waals surface area contributed by atoms with Crippen LogP contribution in [0.15, 0.2) is 54.6 Å². The highest BCUT2D eigenvalue weighted by atomic mass is 16.5. The first-order chi connectivity index (χ1) is 15.1. The lowest BCUT2D eigenvalue weighted by Crippen LogP contribution is -2.52. The normalized spacial score (nSPS) is 21.5. The van der Waals surface area contributed by atoms with E-state index in [1.54, 1.807) is 18.1 Å². The van der Waals surface area contributed by atoms with Crippen molar-refractivity contribution in [3.63, 3.8) is 0 Å². The third-order valence-corrected chi connectivity index (χ3v) is 6.00. The van der Waals surface area contributed by atoms with E-state index >= 15 is 0 Å². The summed E-state index contributed by atoms with van der Waals surface area (Å²) in [6, 6.07) is 17.2. The van der Waals surface area contributed by atoms with Crippen molar-refractivity contribution in [3.05, 3.63) is 60.2 Å². The van der Waals surface area contributed by atoms with E-state index < -0.39 is 0 Å². The summed E-state index contributed by atoms with van der Waals surface area (Å²) in [5, 5.41) is 2.96. The lowest BCUT2D eigenvalue weighted by atomic mass is 9.84. The Kier molecular flexibility index (Phi) is 6.72. The van der Waals surface area contributed by atoms with Crippen molar-refractivity contribution in [2.24, 2.45) is 5.92 Å².